The number of hydrogen-bond acceptors (Lipinski definition) is 2. The minimum absolute atomic E-state index is 0.421. The average molecular weight is 178 g/mol. The molecule has 1 aromatic carbocycles. The lowest BCUT2D eigenvalue weighted by Crippen LogP contribution is -2.12. The molecule has 0 atom stereocenters. The number of nitrogens with one attached hydrogen (secondary N) is 1. The highest BCUT2D eigenvalue weighted by molar-refractivity contribution is 5.71. The Bertz CT molecular complexity index is 303. The maximum atomic E-state index is 5.97. The number of rotatable bonds is 2. The first-order valence-corrected chi connectivity index (χ1v) is 4.64. The Labute approximate surface area is 80.1 Å². The van der Waals surface area contributed by atoms with Crippen molar-refractivity contribution in [1.29, 1.82) is 0 Å². The van der Waals surface area contributed by atoms with Crippen LogP contribution in [0.15, 0.2) is 12.1 Å². The third-order valence-electron chi connectivity index (χ3n) is 2.23. The summed E-state index contributed by atoms with van der Waals surface area (Å²) in [6.45, 7) is 8.34. The van der Waals surface area contributed by atoms with Crippen LogP contribution >= 0.6 is 0 Å². The van der Waals surface area contributed by atoms with Gasteiger partial charge in [0.15, 0.2) is 0 Å². The summed E-state index contributed by atoms with van der Waals surface area (Å²) in [7, 11) is 0. The molecule has 3 N–H and O–H groups in total. The average Bonchev–Trinajstić information content (AvgIpc) is 2.06. The molecule has 0 aromatic heterocycles. The maximum Gasteiger partial charge on any atom is 0.0582 e. The van der Waals surface area contributed by atoms with Gasteiger partial charge in [-0.15, -0.1) is 0 Å². The highest BCUT2D eigenvalue weighted by atomic mass is 14.9. The van der Waals surface area contributed by atoms with Gasteiger partial charge in [0.05, 0.1) is 11.4 Å². The zero-order valence-corrected chi connectivity index (χ0v) is 8.81. The number of nitrogens with two attached hydrogens (primary N) is 1. The van der Waals surface area contributed by atoms with E-state index in [0.29, 0.717) is 6.04 Å². The number of nitrogen functional groups attached to an aromatic ring is 1. The summed E-state index contributed by atoms with van der Waals surface area (Å²) < 4.78 is 0. The third kappa shape index (κ3) is 2.14. The van der Waals surface area contributed by atoms with Crippen LogP contribution in [-0.2, 0) is 0 Å². The van der Waals surface area contributed by atoms with E-state index < -0.39 is 0 Å². The Morgan fingerprint density at radius 2 is 1.85 bits per heavy atom. The quantitative estimate of drug-likeness (QED) is 0.683. The van der Waals surface area contributed by atoms with Crippen molar-refractivity contribution in [3.05, 3.63) is 23.3 Å². The van der Waals surface area contributed by atoms with E-state index in [2.05, 4.69) is 39.1 Å². The number of hydrogen-bond donors (Lipinski definition) is 2. The van der Waals surface area contributed by atoms with Crippen LogP contribution in [0.4, 0.5) is 11.4 Å². The van der Waals surface area contributed by atoms with Crippen LogP contribution in [0.25, 0.3) is 0 Å². The zero-order chi connectivity index (χ0) is 10.0. The first-order chi connectivity index (χ1) is 6.02. The Hall–Kier alpha value is -1.18. The summed E-state index contributed by atoms with van der Waals surface area (Å²) in [5, 5.41) is 3.32. The predicted molar refractivity (Wildman–Crippen MR) is 59.1 cm³/mol. The summed E-state index contributed by atoms with van der Waals surface area (Å²) in [6.07, 6.45) is 0. The van der Waals surface area contributed by atoms with Gasteiger partial charge in [0.25, 0.3) is 0 Å². The number of anilines is 2. The summed E-state index contributed by atoms with van der Waals surface area (Å²) in [5.41, 5.74) is 10.3. The molecule has 0 radical (unpaired) electrons. The van der Waals surface area contributed by atoms with Gasteiger partial charge in [-0.25, -0.2) is 0 Å². The monoisotopic (exact) mass is 178 g/mol. The predicted octanol–water partition coefficient (Wildman–Crippen LogP) is 2.71. The fraction of sp³-hybridized carbons (Fsp3) is 0.455. The van der Waals surface area contributed by atoms with Crippen LogP contribution in [0.2, 0.25) is 0 Å². The van der Waals surface area contributed by atoms with Crippen LogP contribution < -0.4 is 11.1 Å². The molecule has 0 bridgehead atoms. The third-order valence-corrected chi connectivity index (χ3v) is 2.23. The molecule has 0 unspecified atom stereocenters. The smallest absolute Gasteiger partial charge is 0.0582 e. The molecular weight excluding hydrogens is 160 g/mol. The molecule has 0 fully saturated rings. The Morgan fingerprint density at radius 1 is 1.23 bits per heavy atom. The molecule has 0 aliphatic carbocycles. The molecule has 0 aliphatic heterocycles. The van der Waals surface area contributed by atoms with Gasteiger partial charge in [-0.2, -0.15) is 0 Å². The Kier molecular flexibility index (Phi) is 2.81. The van der Waals surface area contributed by atoms with Crippen molar-refractivity contribution in [3.63, 3.8) is 0 Å². The SMILES string of the molecule is Cc1ccc(NC(C)C)c(N)c1C. The highest BCUT2D eigenvalue weighted by Gasteiger charge is 2.04. The molecular formula is C11H18N2. The van der Waals surface area contributed by atoms with Crippen molar-refractivity contribution >= 4 is 11.4 Å². The van der Waals surface area contributed by atoms with Crippen molar-refractivity contribution in [2.24, 2.45) is 0 Å². The van der Waals surface area contributed by atoms with Gasteiger partial charge in [0.2, 0.25) is 0 Å². The second-order valence-corrected chi connectivity index (χ2v) is 3.77. The molecule has 13 heavy (non-hydrogen) atoms. The van der Waals surface area contributed by atoms with Gasteiger partial charge in [0, 0.05) is 6.04 Å². The highest BCUT2D eigenvalue weighted by Crippen LogP contribution is 2.25. The fourth-order valence-electron chi connectivity index (χ4n) is 1.27. The summed E-state index contributed by atoms with van der Waals surface area (Å²) in [6, 6.07) is 4.55. The lowest BCUT2D eigenvalue weighted by molar-refractivity contribution is 0.900. The molecule has 0 saturated carbocycles. The Morgan fingerprint density at radius 3 is 2.38 bits per heavy atom. The van der Waals surface area contributed by atoms with Crippen LogP contribution in [0.1, 0.15) is 25.0 Å². The second-order valence-electron chi connectivity index (χ2n) is 3.77. The number of aryl methyl sites for hydroxylation is 1. The Balaban J connectivity index is 3.04. The molecule has 0 amide bonds. The molecule has 1 rings (SSSR count). The van der Waals surface area contributed by atoms with E-state index in [1.807, 2.05) is 6.07 Å². The van der Waals surface area contributed by atoms with Gasteiger partial charge >= 0.3 is 0 Å². The van der Waals surface area contributed by atoms with Gasteiger partial charge < -0.3 is 11.1 Å². The van der Waals surface area contributed by atoms with Crippen molar-refractivity contribution < 1.29 is 0 Å². The topological polar surface area (TPSA) is 38.0 Å². The van der Waals surface area contributed by atoms with Gasteiger partial charge in [0.1, 0.15) is 0 Å². The van der Waals surface area contributed by atoms with E-state index in [1.165, 1.54) is 11.1 Å². The second kappa shape index (κ2) is 3.69. The normalized spacial score (nSPS) is 10.5. The molecule has 0 heterocycles. The first kappa shape index (κ1) is 9.90. The summed E-state index contributed by atoms with van der Waals surface area (Å²) in [4.78, 5) is 0. The number of benzene rings is 1. The van der Waals surface area contributed by atoms with Gasteiger partial charge in [-0.1, -0.05) is 6.07 Å². The summed E-state index contributed by atoms with van der Waals surface area (Å²) >= 11 is 0. The molecule has 0 spiro atoms. The van der Waals surface area contributed by atoms with Crippen molar-refractivity contribution in [2.75, 3.05) is 11.1 Å². The van der Waals surface area contributed by atoms with E-state index in [9.17, 15) is 0 Å². The molecule has 2 heteroatoms. The lowest BCUT2D eigenvalue weighted by atomic mass is 10.1. The molecule has 1 aromatic rings. The minimum Gasteiger partial charge on any atom is -0.397 e. The molecule has 2 nitrogen and oxygen atoms in total. The largest absolute Gasteiger partial charge is 0.397 e. The van der Waals surface area contributed by atoms with Crippen molar-refractivity contribution in [3.8, 4) is 0 Å². The van der Waals surface area contributed by atoms with Crippen LogP contribution in [0, 0.1) is 13.8 Å². The van der Waals surface area contributed by atoms with Gasteiger partial charge in [-0.3, -0.25) is 0 Å². The first-order valence-electron chi connectivity index (χ1n) is 4.64. The van der Waals surface area contributed by atoms with Crippen molar-refractivity contribution in [2.45, 2.75) is 33.7 Å². The van der Waals surface area contributed by atoms with Gasteiger partial charge in [-0.05, 0) is 44.9 Å². The van der Waals surface area contributed by atoms with Crippen LogP contribution in [0.5, 0.6) is 0 Å². The van der Waals surface area contributed by atoms with E-state index in [4.69, 9.17) is 5.73 Å². The fourth-order valence-corrected chi connectivity index (χ4v) is 1.27. The lowest BCUT2D eigenvalue weighted by Gasteiger charge is -2.15. The zero-order valence-electron chi connectivity index (χ0n) is 8.81. The molecule has 0 aliphatic rings. The summed E-state index contributed by atoms with van der Waals surface area (Å²) in [5.74, 6) is 0. The standard InChI is InChI=1S/C11H18N2/c1-7(2)13-10-6-5-8(3)9(4)11(10)12/h5-7,13H,12H2,1-4H3. The molecule has 72 valence electrons. The minimum atomic E-state index is 0.421. The maximum absolute atomic E-state index is 5.97. The van der Waals surface area contributed by atoms with Crippen molar-refractivity contribution in [1.82, 2.24) is 0 Å². The van der Waals surface area contributed by atoms with E-state index >= 15 is 0 Å². The van der Waals surface area contributed by atoms with E-state index in [0.717, 1.165) is 11.4 Å². The molecule has 0 saturated heterocycles. The van der Waals surface area contributed by atoms with E-state index in [1.54, 1.807) is 0 Å². The van der Waals surface area contributed by atoms with Crippen LogP contribution in [-0.4, -0.2) is 6.04 Å². The van der Waals surface area contributed by atoms with E-state index in [-0.39, 0.29) is 0 Å². The van der Waals surface area contributed by atoms with Crippen LogP contribution in [0.3, 0.4) is 0 Å².